The number of ketones is 2. The standard InChI is InChI=1S/C12H13NO3/c1-12(2)6-5-7(13-16)10-8(14)3-4-9(15)11(10)12/h3-4,16H,5-6H2,1-2H3/b13-7+. The molecule has 0 aromatic heterocycles. The molecular weight excluding hydrogens is 206 g/mol. The Labute approximate surface area is 93.3 Å². The molecule has 0 fully saturated rings. The molecule has 2 rings (SSSR count). The van der Waals surface area contributed by atoms with Gasteiger partial charge in [-0.25, -0.2) is 0 Å². The number of rotatable bonds is 0. The smallest absolute Gasteiger partial charge is 0.188 e. The molecule has 0 amide bonds. The van der Waals surface area contributed by atoms with Crippen LogP contribution in [-0.2, 0) is 9.59 Å². The lowest BCUT2D eigenvalue weighted by Crippen LogP contribution is -2.34. The lowest BCUT2D eigenvalue weighted by molar-refractivity contribution is -0.115. The number of allylic oxidation sites excluding steroid dienone is 4. The largest absolute Gasteiger partial charge is 0.411 e. The number of hydrogen-bond donors (Lipinski definition) is 1. The molecule has 1 N–H and O–H groups in total. The molecule has 0 radical (unpaired) electrons. The summed E-state index contributed by atoms with van der Waals surface area (Å²) in [5.74, 6) is -0.393. The quantitative estimate of drug-likeness (QED) is 0.382. The van der Waals surface area contributed by atoms with Crippen molar-refractivity contribution in [1.82, 2.24) is 0 Å². The summed E-state index contributed by atoms with van der Waals surface area (Å²) in [7, 11) is 0. The monoisotopic (exact) mass is 219 g/mol. The molecule has 0 saturated carbocycles. The first-order valence-corrected chi connectivity index (χ1v) is 5.20. The van der Waals surface area contributed by atoms with Crippen LogP contribution in [0.2, 0.25) is 0 Å². The zero-order valence-electron chi connectivity index (χ0n) is 9.28. The minimum Gasteiger partial charge on any atom is -0.411 e. The lowest BCUT2D eigenvalue weighted by atomic mass is 9.68. The second kappa shape index (κ2) is 3.40. The number of nitrogens with zero attached hydrogens (tertiary/aromatic N) is 1. The molecule has 4 heteroatoms. The lowest BCUT2D eigenvalue weighted by Gasteiger charge is -2.34. The van der Waals surface area contributed by atoms with Gasteiger partial charge < -0.3 is 5.21 Å². The van der Waals surface area contributed by atoms with Gasteiger partial charge in [-0.2, -0.15) is 0 Å². The minimum absolute atomic E-state index is 0.152. The van der Waals surface area contributed by atoms with Crippen LogP contribution in [-0.4, -0.2) is 22.5 Å². The molecule has 0 aliphatic heterocycles. The van der Waals surface area contributed by atoms with E-state index in [4.69, 9.17) is 5.21 Å². The predicted molar refractivity (Wildman–Crippen MR) is 58.4 cm³/mol. The number of carbonyl (C=O) groups excluding carboxylic acids is 2. The van der Waals surface area contributed by atoms with Crippen LogP contribution >= 0.6 is 0 Å². The summed E-state index contributed by atoms with van der Waals surface area (Å²) in [6.45, 7) is 3.86. The van der Waals surface area contributed by atoms with Gasteiger partial charge in [0.1, 0.15) is 0 Å². The fraction of sp³-hybridized carbons (Fsp3) is 0.417. The van der Waals surface area contributed by atoms with Crippen molar-refractivity contribution in [3.8, 4) is 0 Å². The van der Waals surface area contributed by atoms with E-state index in [9.17, 15) is 9.59 Å². The Morgan fingerprint density at radius 2 is 1.88 bits per heavy atom. The molecule has 0 spiro atoms. The fourth-order valence-corrected chi connectivity index (χ4v) is 2.30. The van der Waals surface area contributed by atoms with Crippen molar-refractivity contribution in [2.45, 2.75) is 26.7 Å². The summed E-state index contributed by atoms with van der Waals surface area (Å²) < 4.78 is 0. The van der Waals surface area contributed by atoms with Gasteiger partial charge in [-0.05, 0) is 30.4 Å². The van der Waals surface area contributed by atoms with Crippen LogP contribution in [0.5, 0.6) is 0 Å². The third-order valence-electron chi connectivity index (χ3n) is 3.20. The maximum absolute atomic E-state index is 11.8. The van der Waals surface area contributed by atoms with Crippen molar-refractivity contribution in [2.75, 3.05) is 0 Å². The molecule has 2 aliphatic rings. The van der Waals surface area contributed by atoms with E-state index in [0.717, 1.165) is 0 Å². The normalized spacial score (nSPS) is 26.2. The van der Waals surface area contributed by atoms with Gasteiger partial charge in [0.15, 0.2) is 11.6 Å². The van der Waals surface area contributed by atoms with Crippen molar-refractivity contribution < 1.29 is 14.8 Å². The van der Waals surface area contributed by atoms with Crippen molar-refractivity contribution in [3.05, 3.63) is 23.3 Å². The van der Waals surface area contributed by atoms with Gasteiger partial charge in [-0.15, -0.1) is 0 Å². The summed E-state index contributed by atoms with van der Waals surface area (Å²) in [4.78, 5) is 23.6. The van der Waals surface area contributed by atoms with Crippen LogP contribution in [0.3, 0.4) is 0 Å². The van der Waals surface area contributed by atoms with Crippen molar-refractivity contribution in [3.63, 3.8) is 0 Å². The highest BCUT2D eigenvalue weighted by molar-refractivity contribution is 6.34. The second-order valence-electron chi connectivity index (χ2n) is 4.74. The maximum Gasteiger partial charge on any atom is 0.188 e. The van der Waals surface area contributed by atoms with Crippen LogP contribution in [0, 0.1) is 5.41 Å². The Hall–Kier alpha value is -1.71. The zero-order chi connectivity index (χ0) is 11.9. The van der Waals surface area contributed by atoms with Crippen LogP contribution < -0.4 is 0 Å². The Morgan fingerprint density at radius 3 is 2.50 bits per heavy atom. The van der Waals surface area contributed by atoms with E-state index in [1.54, 1.807) is 0 Å². The third kappa shape index (κ3) is 1.41. The van der Waals surface area contributed by atoms with Gasteiger partial charge >= 0.3 is 0 Å². The second-order valence-corrected chi connectivity index (χ2v) is 4.74. The average molecular weight is 219 g/mol. The SMILES string of the molecule is CC1(C)CC/C(=N\O)C2=C1C(=O)C=CC2=O. The molecule has 0 aromatic carbocycles. The highest BCUT2D eigenvalue weighted by atomic mass is 16.4. The van der Waals surface area contributed by atoms with Gasteiger partial charge in [0.2, 0.25) is 0 Å². The van der Waals surface area contributed by atoms with Crippen LogP contribution in [0.4, 0.5) is 0 Å². The van der Waals surface area contributed by atoms with E-state index < -0.39 is 0 Å². The Balaban J connectivity index is 2.68. The summed E-state index contributed by atoms with van der Waals surface area (Å²) in [5.41, 5.74) is 0.781. The summed E-state index contributed by atoms with van der Waals surface area (Å²) in [6.07, 6.45) is 3.77. The summed E-state index contributed by atoms with van der Waals surface area (Å²) in [6, 6.07) is 0. The Kier molecular flexibility index (Phi) is 2.30. The molecule has 16 heavy (non-hydrogen) atoms. The zero-order valence-corrected chi connectivity index (χ0v) is 9.28. The minimum atomic E-state index is -0.332. The van der Waals surface area contributed by atoms with E-state index in [-0.39, 0.29) is 17.0 Å². The first-order chi connectivity index (χ1) is 7.47. The molecule has 4 nitrogen and oxygen atoms in total. The summed E-state index contributed by atoms with van der Waals surface area (Å²) in [5, 5.41) is 12.0. The van der Waals surface area contributed by atoms with E-state index in [2.05, 4.69) is 5.16 Å². The number of carbonyl (C=O) groups is 2. The first-order valence-electron chi connectivity index (χ1n) is 5.20. The highest BCUT2D eigenvalue weighted by Crippen LogP contribution is 2.41. The van der Waals surface area contributed by atoms with Crippen molar-refractivity contribution >= 4 is 17.3 Å². The average Bonchev–Trinajstić information content (AvgIpc) is 2.23. The molecular formula is C12H13NO3. The van der Waals surface area contributed by atoms with E-state index in [0.29, 0.717) is 29.7 Å². The third-order valence-corrected chi connectivity index (χ3v) is 3.20. The van der Waals surface area contributed by atoms with E-state index in [1.165, 1.54) is 12.2 Å². The predicted octanol–water partition coefficient (Wildman–Crippen LogP) is 1.64. The van der Waals surface area contributed by atoms with Gasteiger partial charge in [-0.3, -0.25) is 9.59 Å². The topological polar surface area (TPSA) is 66.7 Å². The van der Waals surface area contributed by atoms with Gasteiger partial charge in [0.25, 0.3) is 0 Å². The van der Waals surface area contributed by atoms with Gasteiger partial charge in [0.05, 0.1) is 11.3 Å². The molecule has 0 unspecified atom stereocenters. The Morgan fingerprint density at radius 1 is 1.25 bits per heavy atom. The van der Waals surface area contributed by atoms with Gasteiger partial charge in [0, 0.05) is 5.57 Å². The maximum atomic E-state index is 11.8. The fourth-order valence-electron chi connectivity index (χ4n) is 2.30. The molecule has 0 saturated heterocycles. The molecule has 2 aliphatic carbocycles. The van der Waals surface area contributed by atoms with E-state index >= 15 is 0 Å². The number of oxime groups is 1. The van der Waals surface area contributed by atoms with Crippen LogP contribution in [0.15, 0.2) is 28.5 Å². The van der Waals surface area contributed by atoms with Crippen molar-refractivity contribution in [1.29, 1.82) is 0 Å². The van der Waals surface area contributed by atoms with Gasteiger partial charge in [-0.1, -0.05) is 19.0 Å². The van der Waals surface area contributed by atoms with Crippen LogP contribution in [0.25, 0.3) is 0 Å². The highest BCUT2D eigenvalue weighted by Gasteiger charge is 2.40. The molecule has 0 bridgehead atoms. The summed E-state index contributed by atoms with van der Waals surface area (Å²) >= 11 is 0. The molecule has 84 valence electrons. The van der Waals surface area contributed by atoms with Crippen LogP contribution in [0.1, 0.15) is 26.7 Å². The first kappa shape index (κ1) is 10.8. The molecule has 0 aromatic rings. The Bertz CT molecular complexity index is 467. The number of hydrogen-bond acceptors (Lipinski definition) is 4. The molecule has 0 atom stereocenters. The molecule has 0 heterocycles. The van der Waals surface area contributed by atoms with E-state index in [1.807, 2.05) is 13.8 Å². The van der Waals surface area contributed by atoms with Crippen molar-refractivity contribution in [2.24, 2.45) is 10.6 Å².